The van der Waals surface area contributed by atoms with E-state index in [9.17, 15) is 0 Å². The minimum atomic E-state index is 0.324. The second-order valence-corrected chi connectivity index (χ2v) is 9.87. The maximum Gasteiger partial charge on any atom is 0.0155 e. The van der Waals surface area contributed by atoms with Gasteiger partial charge in [-0.2, -0.15) is 0 Å². The van der Waals surface area contributed by atoms with Crippen LogP contribution < -0.4 is 0 Å². The average molecular weight is 277 g/mol. The summed E-state index contributed by atoms with van der Waals surface area (Å²) in [7, 11) is 0. The van der Waals surface area contributed by atoms with Crippen molar-refractivity contribution < 1.29 is 0 Å². The fourth-order valence-electron chi connectivity index (χ4n) is 5.85. The molecule has 2 aliphatic carbocycles. The van der Waals surface area contributed by atoms with Crippen molar-refractivity contribution >= 4 is 0 Å². The molecule has 1 nitrogen and oxygen atoms in total. The summed E-state index contributed by atoms with van der Waals surface area (Å²) >= 11 is 0. The van der Waals surface area contributed by atoms with Gasteiger partial charge in [-0.15, -0.1) is 0 Å². The molecule has 3 rings (SSSR count). The lowest BCUT2D eigenvalue weighted by Gasteiger charge is -2.46. The zero-order chi connectivity index (χ0) is 14.7. The molecule has 1 heterocycles. The SMILES string of the molecule is CC(C)(C)C1CC2C3CCCCC3CC2N1C(C)(C)C. The standard InChI is InChI=1S/C19H35N/c1-18(2,3)17-12-15-14-10-8-7-9-13(14)11-16(15)20(17)19(4,5)6/h13-17H,7-12H2,1-6H3. The van der Waals surface area contributed by atoms with E-state index in [2.05, 4.69) is 46.4 Å². The minimum Gasteiger partial charge on any atom is -0.292 e. The number of rotatable bonds is 0. The first-order valence-electron chi connectivity index (χ1n) is 8.98. The summed E-state index contributed by atoms with van der Waals surface area (Å²) in [5.74, 6) is 3.12. The van der Waals surface area contributed by atoms with Crippen LogP contribution in [-0.4, -0.2) is 22.5 Å². The smallest absolute Gasteiger partial charge is 0.0155 e. The Hall–Kier alpha value is -0.0400. The summed E-state index contributed by atoms with van der Waals surface area (Å²) in [5, 5.41) is 0. The third kappa shape index (κ3) is 2.34. The van der Waals surface area contributed by atoms with Crippen LogP contribution in [0.2, 0.25) is 0 Å². The number of hydrogen-bond acceptors (Lipinski definition) is 1. The van der Waals surface area contributed by atoms with Crippen LogP contribution in [0.5, 0.6) is 0 Å². The topological polar surface area (TPSA) is 3.24 Å². The highest BCUT2D eigenvalue weighted by molar-refractivity contribution is 5.09. The van der Waals surface area contributed by atoms with Crippen LogP contribution in [0.15, 0.2) is 0 Å². The lowest BCUT2D eigenvalue weighted by Crippen LogP contribution is -2.53. The van der Waals surface area contributed by atoms with Crippen molar-refractivity contribution in [2.75, 3.05) is 0 Å². The van der Waals surface area contributed by atoms with E-state index in [0.29, 0.717) is 11.0 Å². The van der Waals surface area contributed by atoms with Crippen molar-refractivity contribution in [3.05, 3.63) is 0 Å². The van der Waals surface area contributed by atoms with Gasteiger partial charge in [0, 0.05) is 17.6 Å². The van der Waals surface area contributed by atoms with Gasteiger partial charge in [-0.25, -0.2) is 0 Å². The molecule has 0 aromatic heterocycles. The van der Waals surface area contributed by atoms with E-state index >= 15 is 0 Å². The Balaban J connectivity index is 1.89. The van der Waals surface area contributed by atoms with Gasteiger partial charge < -0.3 is 0 Å². The highest BCUT2D eigenvalue weighted by atomic mass is 15.3. The molecule has 0 amide bonds. The Kier molecular flexibility index (Phi) is 3.52. The molecule has 20 heavy (non-hydrogen) atoms. The molecule has 0 bridgehead atoms. The second-order valence-electron chi connectivity index (χ2n) is 9.87. The van der Waals surface area contributed by atoms with Crippen LogP contribution in [0.4, 0.5) is 0 Å². The van der Waals surface area contributed by atoms with E-state index in [0.717, 1.165) is 29.8 Å². The minimum absolute atomic E-state index is 0.324. The molecule has 1 heteroatoms. The third-order valence-electron chi connectivity index (χ3n) is 6.52. The Morgan fingerprint density at radius 1 is 0.800 bits per heavy atom. The molecule has 3 fully saturated rings. The lowest BCUT2D eigenvalue weighted by atomic mass is 9.74. The van der Waals surface area contributed by atoms with E-state index in [1.165, 1.54) is 38.5 Å². The van der Waals surface area contributed by atoms with Crippen molar-refractivity contribution in [2.45, 2.75) is 97.7 Å². The number of hydrogen-bond donors (Lipinski definition) is 0. The molecule has 0 aromatic rings. The van der Waals surface area contributed by atoms with Crippen LogP contribution in [0.25, 0.3) is 0 Å². The fraction of sp³-hybridized carbons (Fsp3) is 1.00. The van der Waals surface area contributed by atoms with Crippen LogP contribution >= 0.6 is 0 Å². The largest absolute Gasteiger partial charge is 0.292 e. The molecule has 5 unspecified atom stereocenters. The molecule has 2 saturated carbocycles. The molecule has 0 aromatic carbocycles. The van der Waals surface area contributed by atoms with Gasteiger partial charge in [-0.1, -0.05) is 40.0 Å². The number of nitrogens with zero attached hydrogens (tertiary/aromatic N) is 1. The first-order valence-corrected chi connectivity index (χ1v) is 8.98. The van der Waals surface area contributed by atoms with Gasteiger partial charge in [-0.05, 0) is 63.2 Å². The summed E-state index contributed by atoms with van der Waals surface area (Å²) in [6.45, 7) is 14.7. The predicted octanol–water partition coefficient (Wildman–Crippen LogP) is 5.10. The molecular formula is C19H35N. The van der Waals surface area contributed by atoms with Gasteiger partial charge in [0.2, 0.25) is 0 Å². The zero-order valence-corrected chi connectivity index (χ0v) is 14.6. The van der Waals surface area contributed by atoms with E-state index in [1.807, 2.05) is 0 Å². The second kappa shape index (κ2) is 4.73. The normalized spacial score (nSPS) is 42.6. The Morgan fingerprint density at radius 3 is 2.05 bits per heavy atom. The predicted molar refractivity (Wildman–Crippen MR) is 86.8 cm³/mol. The first kappa shape index (κ1) is 14.9. The van der Waals surface area contributed by atoms with Gasteiger partial charge >= 0.3 is 0 Å². The Bertz CT molecular complexity index is 359. The molecule has 3 aliphatic rings. The summed E-state index contributed by atoms with van der Waals surface area (Å²) < 4.78 is 0. The van der Waals surface area contributed by atoms with Crippen LogP contribution in [0.1, 0.15) is 80.1 Å². The van der Waals surface area contributed by atoms with Gasteiger partial charge in [0.25, 0.3) is 0 Å². The summed E-state index contributed by atoms with van der Waals surface area (Å²) in [5.41, 5.74) is 0.743. The maximum atomic E-state index is 2.94. The first-order chi connectivity index (χ1) is 9.19. The summed E-state index contributed by atoms with van der Waals surface area (Å²) in [6.07, 6.45) is 9.02. The number of likely N-dealkylation sites (tertiary alicyclic amines) is 1. The molecule has 1 aliphatic heterocycles. The van der Waals surface area contributed by atoms with Crippen molar-refractivity contribution in [3.63, 3.8) is 0 Å². The maximum absolute atomic E-state index is 2.94. The van der Waals surface area contributed by atoms with E-state index < -0.39 is 0 Å². The third-order valence-corrected chi connectivity index (χ3v) is 6.52. The van der Waals surface area contributed by atoms with Gasteiger partial charge in [-0.3, -0.25) is 4.90 Å². The quantitative estimate of drug-likeness (QED) is 0.595. The monoisotopic (exact) mass is 277 g/mol. The zero-order valence-electron chi connectivity index (χ0n) is 14.6. The Labute approximate surface area is 126 Å². The van der Waals surface area contributed by atoms with E-state index in [1.54, 1.807) is 0 Å². The molecule has 0 spiro atoms. The van der Waals surface area contributed by atoms with Crippen molar-refractivity contribution in [1.29, 1.82) is 0 Å². The summed E-state index contributed by atoms with van der Waals surface area (Å²) in [6, 6.07) is 1.66. The highest BCUT2D eigenvalue weighted by Gasteiger charge is 2.56. The van der Waals surface area contributed by atoms with E-state index in [4.69, 9.17) is 0 Å². The van der Waals surface area contributed by atoms with Gasteiger partial charge in [0.05, 0.1) is 0 Å². The van der Waals surface area contributed by atoms with E-state index in [-0.39, 0.29) is 0 Å². The van der Waals surface area contributed by atoms with Crippen molar-refractivity contribution in [1.82, 2.24) is 4.90 Å². The highest BCUT2D eigenvalue weighted by Crippen LogP contribution is 2.56. The van der Waals surface area contributed by atoms with Gasteiger partial charge in [0.1, 0.15) is 0 Å². The molecule has 1 saturated heterocycles. The van der Waals surface area contributed by atoms with Crippen molar-refractivity contribution in [3.8, 4) is 0 Å². The molecule has 5 atom stereocenters. The molecular weight excluding hydrogens is 242 g/mol. The van der Waals surface area contributed by atoms with Crippen LogP contribution in [0.3, 0.4) is 0 Å². The van der Waals surface area contributed by atoms with Gasteiger partial charge in [0.15, 0.2) is 0 Å². The molecule has 0 radical (unpaired) electrons. The lowest BCUT2D eigenvalue weighted by molar-refractivity contribution is 0.0211. The van der Waals surface area contributed by atoms with Crippen LogP contribution in [-0.2, 0) is 0 Å². The fourth-order valence-corrected chi connectivity index (χ4v) is 5.85. The summed E-state index contributed by atoms with van der Waals surface area (Å²) in [4.78, 5) is 2.94. The Morgan fingerprint density at radius 2 is 1.45 bits per heavy atom. The molecule has 0 N–H and O–H groups in total. The average Bonchev–Trinajstić information content (AvgIpc) is 2.81. The van der Waals surface area contributed by atoms with Crippen LogP contribution in [0, 0.1) is 23.2 Å². The number of fused-ring (bicyclic) bond motifs is 3. The molecule has 116 valence electrons. The van der Waals surface area contributed by atoms with Crippen molar-refractivity contribution in [2.24, 2.45) is 23.2 Å².